The maximum atomic E-state index is 5.63. The van der Waals surface area contributed by atoms with Gasteiger partial charge in [0.1, 0.15) is 10.4 Å². The lowest BCUT2D eigenvalue weighted by Crippen LogP contribution is -2.16. The van der Waals surface area contributed by atoms with Crippen molar-refractivity contribution in [1.82, 2.24) is 9.97 Å². The fourth-order valence-corrected chi connectivity index (χ4v) is 2.02. The van der Waals surface area contributed by atoms with Crippen molar-refractivity contribution in [2.45, 2.75) is 26.2 Å². The molecule has 1 aliphatic rings. The summed E-state index contributed by atoms with van der Waals surface area (Å²) in [4.78, 5) is 8.34. The quantitative estimate of drug-likeness (QED) is 0.825. The van der Waals surface area contributed by atoms with Crippen LogP contribution in [0.25, 0.3) is 0 Å². The Morgan fingerprint density at radius 3 is 2.80 bits per heavy atom. The summed E-state index contributed by atoms with van der Waals surface area (Å²) in [5.74, 6) is 1.10. The normalized spacial score (nSPS) is 17.5. The highest BCUT2D eigenvalue weighted by Crippen LogP contribution is 2.48. The first-order valence-corrected chi connectivity index (χ1v) is 5.97. The summed E-state index contributed by atoms with van der Waals surface area (Å²) in [6, 6.07) is 1.69. The fraction of sp³-hybridized carbons (Fsp3) is 0.600. The Hall–Kier alpha value is -0.840. The summed E-state index contributed by atoms with van der Waals surface area (Å²) < 4.78 is 0.721. The standard InChI is InChI=1S/C10H15BrN4/c1-2-10(3-4-10)6-13-9-14-7(11)5-8(12)15-9/h5H,2-4,6H2,1H3,(H3,12,13,14,15). The molecule has 3 N–H and O–H groups in total. The van der Waals surface area contributed by atoms with Gasteiger partial charge in [0.15, 0.2) is 0 Å². The van der Waals surface area contributed by atoms with Crippen molar-refractivity contribution < 1.29 is 0 Å². The molecular formula is C10H15BrN4. The van der Waals surface area contributed by atoms with Gasteiger partial charge in [-0.2, -0.15) is 4.98 Å². The Bertz CT molecular complexity index is 342. The van der Waals surface area contributed by atoms with E-state index in [1.165, 1.54) is 19.3 Å². The van der Waals surface area contributed by atoms with Crippen LogP contribution >= 0.6 is 15.9 Å². The number of anilines is 2. The summed E-state index contributed by atoms with van der Waals surface area (Å²) in [6.07, 6.45) is 3.82. The first kappa shape index (κ1) is 10.7. The summed E-state index contributed by atoms with van der Waals surface area (Å²) in [5, 5.41) is 3.25. The fourth-order valence-electron chi connectivity index (χ4n) is 1.61. The van der Waals surface area contributed by atoms with Crippen LogP contribution < -0.4 is 11.1 Å². The van der Waals surface area contributed by atoms with E-state index in [0.717, 1.165) is 11.1 Å². The molecule has 0 unspecified atom stereocenters. The molecular weight excluding hydrogens is 256 g/mol. The molecule has 82 valence electrons. The molecule has 0 atom stereocenters. The van der Waals surface area contributed by atoms with E-state index in [2.05, 4.69) is 38.1 Å². The average molecular weight is 271 g/mol. The largest absolute Gasteiger partial charge is 0.383 e. The highest BCUT2D eigenvalue weighted by atomic mass is 79.9. The van der Waals surface area contributed by atoms with Crippen molar-refractivity contribution in [1.29, 1.82) is 0 Å². The third kappa shape index (κ3) is 2.59. The van der Waals surface area contributed by atoms with Gasteiger partial charge in [0.2, 0.25) is 5.95 Å². The molecule has 1 saturated carbocycles. The van der Waals surface area contributed by atoms with Gasteiger partial charge in [-0.15, -0.1) is 0 Å². The number of rotatable bonds is 4. The monoisotopic (exact) mass is 270 g/mol. The number of halogens is 1. The lowest BCUT2D eigenvalue weighted by molar-refractivity contribution is 0.520. The number of nitrogen functional groups attached to an aromatic ring is 1. The maximum Gasteiger partial charge on any atom is 0.225 e. The lowest BCUT2D eigenvalue weighted by atomic mass is 10.0. The Morgan fingerprint density at radius 2 is 2.27 bits per heavy atom. The van der Waals surface area contributed by atoms with Crippen molar-refractivity contribution in [3.05, 3.63) is 10.7 Å². The average Bonchev–Trinajstić information content (AvgIpc) is 2.94. The highest BCUT2D eigenvalue weighted by molar-refractivity contribution is 9.10. The van der Waals surface area contributed by atoms with Crippen molar-refractivity contribution >= 4 is 27.7 Å². The smallest absolute Gasteiger partial charge is 0.225 e. The van der Waals surface area contributed by atoms with Gasteiger partial charge in [-0.3, -0.25) is 0 Å². The van der Waals surface area contributed by atoms with Gasteiger partial charge >= 0.3 is 0 Å². The molecule has 1 fully saturated rings. The number of hydrogen-bond acceptors (Lipinski definition) is 4. The first-order chi connectivity index (χ1) is 7.13. The van der Waals surface area contributed by atoms with Crippen LogP contribution in [0.3, 0.4) is 0 Å². The van der Waals surface area contributed by atoms with Crippen molar-refractivity contribution in [3.8, 4) is 0 Å². The molecule has 0 aliphatic heterocycles. The number of nitrogens with zero attached hydrogens (tertiary/aromatic N) is 2. The number of nitrogens with one attached hydrogen (secondary N) is 1. The summed E-state index contributed by atoms with van der Waals surface area (Å²) in [6.45, 7) is 3.17. The molecule has 1 aromatic heterocycles. The van der Waals surface area contributed by atoms with Crippen molar-refractivity contribution in [2.75, 3.05) is 17.6 Å². The van der Waals surface area contributed by atoms with E-state index < -0.39 is 0 Å². The predicted octanol–water partition coefficient (Wildman–Crippen LogP) is 2.42. The maximum absolute atomic E-state index is 5.63. The van der Waals surface area contributed by atoms with Gasteiger partial charge in [-0.1, -0.05) is 6.92 Å². The molecule has 5 heteroatoms. The molecule has 0 radical (unpaired) electrons. The van der Waals surface area contributed by atoms with E-state index in [1.807, 2.05) is 0 Å². The molecule has 4 nitrogen and oxygen atoms in total. The molecule has 15 heavy (non-hydrogen) atoms. The number of nitrogens with two attached hydrogens (primary N) is 1. The molecule has 0 amide bonds. The second-order valence-corrected chi connectivity index (χ2v) is 4.96. The van der Waals surface area contributed by atoms with Crippen LogP contribution in [0.2, 0.25) is 0 Å². The van der Waals surface area contributed by atoms with E-state index in [1.54, 1.807) is 6.07 Å². The SMILES string of the molecule is CCC1(CNc2nc(N)cc(Br)n2)CC1. The van der Waals surface area contributed by atoms with Crippen LogP contribution in [0.5, 0.6) is 0 Å². The van der Waals surface area contributed by atoms with Crippen LogP contribution in [0, 0.1) is 5.41 Å². The van der Waals surface area contributed by atoms with Crippen LogP contribution in [0.4, 0.5) is 11.8 Å². The third-order valence-corrected chi connectivity index (χ3v) is 3.45. The van der Waals surface area contributed by atoms with Gasteiger partial charge in [0.25, 0.3) is 0 Å². The molecule has 1 aromatic rings. The van der Waals surface area contributed by atoms with Crippen molar-refractivity contribution in [3.63, 3.8) is 0 Å². The summed E-state index contributed by atoms with van der Waals surface area (Å²) in [7, 11) is 0. The zero-order chi connectivity index (χ0) is 10.9. The first-order valence-electron chi connectivity index (χ1n) is 5.17. The highest BCUT2D eigenvalue weighted by Gasteiger charge is 2.40. The molecule has 0 saturated heterocycles. The molecule has 1 aliphatic carbocycles. The third-order valence-electron chi connectivity index (χ3n) is 3.04. The van der Waals surface area contributed by atoms with Crippen LogP contribution in [-0.4, -0.2) is 16.5 Å². The van der Waals surface area contributed by atoms with Gasteiger partial charge in [0.05, 0.1) is 0 Å². The van der Waals surface area contributed by atoms with Crippen LogP contribution in [0.15, 0.2) is 10.7 Å². The van der Waals surface area contributed by atoms with Crippen LogP contribution in [-0.2, 0) is 0 Å². The van der Waals surface area contributed by atoms with E-state index in [-0.39, 0.29) is 0 Å². The molecule has 0 aromatic carbocycles. The molecule has 1 heterocycles. The topological polar surface area (TPSA) is 63.8 Å². The van der Waals surface area contributed by atoms with E-state index in [9.17, 15) is 0 Å². The van der Waals surface area contributed by atoms with E-state index >= 15 is 0 Å². The zero-order valence-electron chi connectivity index (χ0n) is 8.76. The van der Waals surface area contributed by atoms with E-state index in [4.69, 9.17) is 5.73 Å². The second kappa shape index (κ2) is 3.96. The molecule has 2 rings (SSSR count). The van der Waals surface area contributed by atoms with Crippen LogP contribution in [0.1, 0.15) is 26.2 Å². The number of hydrogen-bond donors (Lipinski definition) is 2. The summed E-state index contributed by atoms with van der Waals surface area (Å²) >= 11 is 3.29. The Kier molecular flexibility index (Phi) is 2.82. The van der Waals surface area contributed by atoms with Gasteiger partial charge < -0.3 is 11.1 Å². The minimum atomic E-state index is 0.487. The van der Waals surface area contributed by atoms with Gasteiger partial charge in [0, 0.05) is 12.6 Å². The van der Waals surface area contributed by atoms with E-state index in [0.29, 0.717) is 17.2 Å². The van der Waals surface area contributed by atoms with Gasteiger partial charge in [-0.05, 0) is 40.6 Å². The minimum Gasteiger partial charge on any atom is -0.383 e. The Balaban J connectivity index is 1.99. The predicted molar refractivity (Wildman–Crippen MR) is 64.6 cm³/mol. The zero-order valence-corrected chi connectivity index (χ0v) is 10.3. The molecule has 0 bridgehead atoms. The summed E-state index contributed by atoms with van der Waals surface area (Å²) in [5.41, 5.74) is 6.11. The second-order valence-electron chi connectivity index (χ2n) is 4.15. The minimum absolute atomic E-state index is 0.487. The van der Waals surface area contributed by atoms with Gasteiger partial charge in [-0.25, -0.2) is 4.98 Å². The lowest BCUT2D eigenvalue weighted by Gasteiger charge is -2.13. The Labute approximate surface area is 97.8 Å². The number of aromatic nitrogens is 2. The van der Waals surface area contributed by atoms with Crippen molar-refractivity contribution in [2.24, 2.45) is 5.41 Å². The Morgan fingerprint density at radius 1 is 1.53 bits per heavy atom. The molecule has 0 spiro atoms.